The quantitative estimate of drug-likeness (QED) is 0.142. The lowest BCUT2D eigenvalue weighted by Crippen LogP contribution is -2.10. The van der Waals surface area contributed by atoms with E-state index in [-0.39, 0.29) is 27.7 Å². The van der Waals surface area contributed by atoms with Crippen molar-refractivity contribution >= 4 is 50.9 Å². The molecule has 0 radical (unpaired) electrons. The van der Waals surface area contributed by atoms with E-state index in [1.807, 2.05) is 12.1 Å². The highest BCUT2D eigenvalue weighted by molar-refractivity contribution is 9.10. The number of benzene rings is 1. The fourth-order valence-electron chi connectivity index (χ4n) is 3.37. The number of carbonyl (C=O) groups is 1. The molecule has 0 aliphatic rings. The summed E-state index contributed by atoms with van der Waals surface area (Å²) in [6.07, 6.45) is 0.462. The zero-order valence-electron chi connectivity index (χ0n) is 19.7. The van der Waals surface area contributed by atoms with E-state index in [1.165, 1.54) is 31.4 Å². The molecule has 3 rings (SSSR count). The number of ether oxygens (including phenoxy) is 1. The number of hydrogen-bond acceptors (Lipinski definition) is 6. The summed E-state index contributed by atoms with van der Waals surface area (Å²) in [7, 11) is 1.50. The molecule has 0 N–H and O–H groups in total. The maximum absolute atomic E-state index is 13.2. The van der Waals surface area contributed by atoms with Crippen molar-refractivity contribution in [3.63, 3.8) is 0 Å². The first-order valence-corrected chi connectivity index (χ1v) is 13.5. The van der Waals surface area contributed by atoms with Crippen LogP contribution in [-0.4, -0.2) is 17.9 Å². The molecule has 0 fully saturated rings. The van der Waals surface area contributed by atoms with Crippen LogP contribution >= 0.6 is 39.0 Å². The monoisotopic (exact) mass is 594 g/mol. The lowest BCUT2D eigenvalue weighted by Gasteiger charge is -2.13. The summed E-state index contributed by atoms with van der Waals surface area (Å²) in [6.45, 7) is 3.54. The van der Waals surface area contributed by atoms with Gasteiger partial charge in [0, 0.05) is 20.7 Å². The van der Waals surface area contributed by atoms with Crippen molar-refractivity contribution in [3.05, 3.63) is 78.6 Å². The van der Waals surface area contributed by atoms with Crippen LogP contribution in [0.3, 0.4) is 0 Å². The van der Waals surface area contributed by atoms with Gasteiger partial charge in [-0.05, 0) is 70.7 Å². The SMILES string of the molecule is CCCc1sc(C(=O)/C=C/c2ccc(OC)c(CSc3nc(C(F)(F)F)cc(C)c3C#N)c2)cc1Br. The van der Waals surface area contributed by atoms with Gasteiger partial charge in [0.25, 0.3) is 0 Å². The van der Waals surface area contributed by atoms with Crippen LogP contribution in [0.4, 0.5) is 13.2 Å². The molecule has 10 heteroatoms. The predicted octanol–water partition coefficient (Wildman–Crippen LogP) is 8.25. The predicted molar refractivity (Wildman–Crippen MR) is 141 cm³/mol. The molecule has 0 atom stereocenters. The molecular weight excluding hydrogens is 573 g/mol. The van der Waals surface area contributed by atoms with E-state index in [0.29, 0.717) is 16.2 Å². The number of alkyl halides is 3. The van der Waals surface area contributed by atoms with E-state index in [0.717, 1.165) is 45.6 Å². The molecule has 4 nitrogen and oxygen atoms in total. The number of nitriles is 1. The van der Waals surface area contributed by atoms with Crippen molar-refractivity contribution < 1.29 is 22.7 Å². The van der Waals surface area contributed by atoms with Gasteiger partial charge in [0.1, 0.15) is 22.5 Å². The molecule has 0 aliphatic heterocycles. The van der Waals surface area contributed by atoms with Gasteiger partial charge in [-0.2, -0.15) is 18.4 Å². The van der Waals surface area contributed by atoms with E-state index >= 15 is 0 Å². The lowest BCUT2D eigenvalue weighted by molar-refractivity contribution is -0.141. The van der Waals surface area contributed by atoms with Crippen LogP contribution in [0.15, 0.2) is 45.9 Å². The molecule has 0 unspecified atom stereocenters. The number of ketones is 1. The van der Waals surface area contributed by atoms with Gasteiger partial charge in [-0.3, -0.25) is 4.79 Å². The molecule has 0 bridgehead atoms. The average Bonchev–Trinajstić information content (AvgIpc) is 3.20. The summed E-state index contributed by atoms with van der Waals surface area (Å²) >= 11 is 6.00. The second-order valence-corrected chi connectivity index (χ2v) is 10.8. The highest BCUT2D eigenvalue weighted by atomic mass is 79.9. The minimum Gasteiger partial charge on any atom is -0.496 e. The first kappa shape index (κ1) is 28.0. The number of allylic oxidation sites excluding steroid dienone is 1. The highest BCUT2D eigenvalue weighted by Crippen LogP contribution is 2.35. The number of aryl methyl sites for hydroxylation is 2. The van der Waals surface area contributed by atoms with E-state index < -0.39 is 11.9 Å². The van der Waals surface area contributed by atoms with E-state index in [9.17, 15) is 23.2 Å². The Bertz CT molecular complexity index is 1340. The third kappa shape index (κ3) is 6.78. The number of nitrogens with zero attached hydrogens (tertiary/aromatic N) is 2. The Kier molecular flexibility index (Phi) is 9.39. The van der Waals surface area contributed by atoms with Gasteiger partial charge in [0.15, 0.2) is 5.78 Å². The number of hydrogen-bond donors (Lipinski definition) is 0. The summed E-state index contributed by atoms with van der Waals surface area (Å²) < 4.78 is 46.1. The molecule has 2 heterocycles. The van der Waals surface area contributed by atoms with Crippen molar-refractivity contribution in [2.45, 2.75) is 43.6 Å². The summed E-state index contributed by atoms with van der Waals surface area (Å²) in [5.74, 6) is 0.649. The normalized spacial score (nSPS) is 11.6. The van der Waals surface area contributed by atoms with Gasteiger partial charge in [0.2, 0.25) is 0 Å². The number of carbonyl (C=O) groups excluding carboxylic acids is 1. The standard InChI is InChI=1S/C26H22BrF3N2O2S2/c1-4-5-22-19(27)12-23(36-22)20(33)8-6-16-7-9-21(34-3)17(11-16)14-35-25-18(13-31)15(2)10-24(32-25)26(28,29)30/h6-12H,4-5,14H2,1-3H3/b8-6+. The van der Waals surface area contributed by atoms with Crippen LogP contribution in [0.2, 0.25) is 0 Å². The average molecular weight is 596 g/mol. The molecule has 1 aromatic carbocycles. The van der Waals surface area contributed by atoms with E-state index in [2.05, 4.69) is 27.8 Å². The van der Waals surface area contributed by atoms with Crippen LogP contribution in [0.5, 0.6) is 5.75 Å². The van der Waals surface area contributed by atoms with Gasteiger partial charge < -0.3 is 4.74 Å². The molecule has 0 spiro atoms. The molecular formula is C26H22BrF3N2O2S2. The zero-order valence-corrected chi connectivity index (χ0v) is 22.9. The Morgan fingerprint density at radius 3 is 2.69 bits per heavy atom. The van der Waals surface area contributed by atoms with Crippen molar-refractivity contribution in [2.24, 2.45) is 0 Å². The summed E-state index contributed by atoms with van der Waals surface area (Å²) in [6, 6.07) is 9.98. The van der Waals surface area contributed by atoms with Crippen LogP contribution in [-0.2, 0) is 18.3 Å². The fraction of sp³-hybridized carbons (Fsp3) is 0.269. The Labute approximate surface area is 224 Å². The summed E-state index contributed by atoms with van der Waals surface area (Å²) in [5.41, 5.74) is 0.718. The third-order valence-electron chi connectivity index (χ3n) is 5.16. The van der Waals surface area contributed by atoms with Crippen molar-refractivity contribution in [3.8, 4) is 11.8 Å². The molecule has 0 aliphatic carbocycles. The molecule has 188 valence electrons. The van der Waals surface area contributed by atoms with E-state index in [1.54, 1.807) is 24.3 Å². The number of halogens is 4. The summed E-state index contributed by atoms with van der Waals surface area (Å²) in [5, 5.41) is 9.46. The summed E-state index contributed by atoms with van der Waals surface area (Å²) in [4.78, 5) is 18.1. The van der Waals surface area contributed by atoms with Crippen LogP contribution in [0.1, 0.15) is 55.8 Å². The first-order valence-electron chi connectivity index (χ1n) is 10.9. The minimum absolute atomic E-state index is 0.00848. The number of thiophene rings is 1. The van der Waals surface area contributed by atoms with Crippen molar-refractivity contribution in [2.75, 3.05) is 7.11 Å². The maximum atomic E-state index is 13.2. The number of aromatic nitrogens is 1. The fourth-order valence-corrected chi connectivity index (χ4v) is 6.30. The highest BCUT2D eigenvalue weighted by Gasteiger charge is 2.34. The molecule has 0 saturated carbocycles. The second kappa shape index (κ2) is 12.1. The van der Waals surface area contributed by atoms with E-state index in [4.69, 9.17) is 4.74 Å². The molecule has 0 amide bonds. The zero-order chi connectivity index (χ0) is 26.5. The topological polar surface area (TPSA) is 63.0 Å². The van der Waals surface area contributed by atoms with Crippen LogP contribution < -0.4 is 4.74 Å². The Hall–Kier alpha value is -2.61. The number of methoxy groups -OCH3 is 1. The van der Waals surface area contributed by atoms with Gasteiger partial charge in [-0.15, -0.1) is 23.1 Å². The van der Waals surface area contributed by atoms with Gasteiger partial charge >= 0.3 is 6.18 Å². The smallest absolute Gasteiger partial charge is 0.433 e. The van der Waals surface area contributed by atoms with Gasteiger partial charge in [0.05, 0.1) is 17.6 Å². The molecule has 2 aromatic heterocycles. The van der Waals surface area contributed by atoms with Crippen LogP contribution in [0.25, 0.3) is 6.08 Å². The van der Waals surface area contributed by atoms with Crippen molar-refractivity contribution in [1.82, 2.24) is 4.98 Å². The number of pyridine rings is 1. The molecule has 3 aromatic rings. The van der Waals surface area contributed by atoms with Crippen LogP contribution in [0, 0.1) is 18.3 Å². The maximum Gasteiger partial charge on any atom is 0.433 e. The Balaban J connectivity index is 1.83. The first-order chi connectivity index (χ1) is 17.1. The second-order valence-electron chi connectivity index (χ2n) is 7.80. The number of rotatable bonds is 9. The van der Waals surface area contributed by atoms with Gasteiger partial charge in [-0.1, -0.05) is 25.5 Å². The number of thioether (sulfide) groups is 1. The Morgan fingerprint density at radius 2 is 2.06 bits per heavy atom. The van der Waals surface area contributed by atoms with Gasteiger partial charge in [-0.25, -0.2) is 4.98 Å². The minimum atomic E-state index is -4.61. The Morgan fingerprint density at radius 1 is 1.31 bits per heavy atom. The third-order valence-corrected chi connectivity index (χ3v) is 8.36. The molecule has 0 saturated heterocycles. The molecule has 36 heavy (non-hydrogen) atoms. The largest absolute Gasteiger partial charge is 0.496 e. The lowest BCUT2D eigenvalue weighted by atomic mass is 10.1. The van der Waals surface area contributed by atoms with Crippen molar-refractivity contribution in [1.29, 1.82) is 5.26 Å².